The van der Waals surface area contributed by atoms with Crippen molar-refractivity contribution in [3.05, 3.63) is 24.3 Å². The van der Waals surface area contributed by atoms with Crippen LogP contribution in [-0.4, -0.2) is 31.5 Å². The van der Waals surface area contributed by atoms with E-state index in [0.29, 0.717) is 23.5 Å². The Bertz CT molecular complexity index is 588. The Morgan fingerprint density at radius 3 is 2.44 bits per heavy atom. The van der Waals surface area contributed by atoms with Gasteiger partial charge in [0.2, 0.25) is 5.91 Å². The predicted octanol–water partition coefficient (Wildman–Crippen LogP) is 1.54. The number of rotatable bonds is 2. The van der Waals surface area contributed by atoms with Crippen LogP contribution in [-0.2, 0) is 14.6 Å². The van der Waals surface area contributed by atoms with E-state index < -0.39 is 9.84 Å². The highest BCUT2D eigenvalue weighted by Crippen LogP contribution is 2.19. The number of hydrogen-bond acceptors (Lipinski definition) is 4. The monoisotopic (exact) mass is 266 g/mol. The largest absolute Gasteiger partial charge is 0.326 e. The molecule has 0 saturated carbocycles. The minimum atomic E-state index is -2.93. The van der Waals surface area contributed by atoms with Gasteiger partial charge in [0.1, 0.15) is 0 Å². The van der Waals surface area contributed by atoms with Crippen LogP contribution in [0, 0.1) is 0 Å². The van der Waals surface area contributed by atoms with Gasteiger partial charge < -0.3 is 5.32 Å². The normalized spacial score (nSPS) is 19.9. The molecule has 2 rings (SSSR count). The van der Waals surface area contributed by atoms with Crippen molar-refractivity contribution in [1.82, 2.24) is 0 Å². The number of nitrogens with zero attached hydrogens (tertiary/aromatic N) is 1. The fourth-order valence-electron chi connectivity index (χ4n) is 1.76. The SMILES string of the molecule is CC(=O)Nc1ccc(N=C2CCS(=O)(=O)C2)cc1. The summed E-state index contributed by atoms with van der Waals surface area (Å²) in [7, 11) is -2.93. The number of carbonyl (C=O) groups excluding carboxylic acids is 1. The molecule has 0 aromatic heterocycles. The summed E-state index contributed by atoms with van der Waals surface area (Å²) in [5, 5.41) is 2.66. The Kier molecular flexibility index (Phi) is 3.47. The van der Waals surface area contributed by atoms with Crippen molar-refractivity contribution in [2.75, 3.05) is 16.8 Å². The minimum absolute atomic E-state index is 0.0560. The van der Waals surface area contributed by atoms with Gasteiger partial charge in [0, 0.05) is 24.7 Å². The van der Waals surface area contributed by atoms with Gasteiger partial charge in [-0.3, -0.25) is 9.79 Å². The average molecular weight is 266 g/mol. The quantitative estimate of drug-likeness (QED) is 0.882. The summed E-state index contributed by atoms with van der Waals surface area (Å²) in [6.45, 7) is 1.44. The Balaban J connectivity index is 2.11. The molecule has 96 valence electrons. The number of sulfone groups is 1. The summed E-state index contributed by atoms with van der Waals surface area (Å²) >= 11 is 0. The summed E-state index contributed by atoms with van der Waals surface area (Å²) in [5.41, 5.74) is 2.10. The highest BCUT2D eigenvalue weighted by Gasteiger charge is 2.23. The van der Waals surface area contributed by atoms with Crippen LogP contribution in [0.2, 0.25) is 0 Å². The lowest BCUT2D eigenvalue weighted by Crippen LogP contribution is -2.05. The lowest BCUT2D eigenvalue weighted by molar-refractivity contribution is -0.114. The van der Waals surface area contributed by atoms with Crippen molar-refractivity contribution in [3.8, 4) is 0 Å². The lowest BCUT2D eigenvalue weighted by atomic mass is 10.2. The number of anilines is 1. The number of benzene rings is 1. The first-order chi connectivity index (χ1) is 8.44. The number of aliphatic imine (C=N–C) groups is 1. The third-order valence-electron chi connectivity index (χ3n) is 2.56. The van der Waals surface area contributed by atoms with Crippen LogP contribution in [0.1, 0.15) is 13.3 Å². The molecule has 18 heavy (non-hydrogen) atoms. The van der Waals surface area contributed by atoms with Gasteiger partial charge in [-0.15, -0.1) is 0 Å². The van der Waals surface area contributed by atoms with E-state index in [4.69, 9.17) is 0 Å². The summed E-state index contributed by atoms with van der Waals surface area (Å²) in [6, 6.07) is 6.99. The van der Waals surface area contributed by atoms with Gasteiger partial charge in [-0.05, 0) is 24.3 Å². The minimum Gasteiger partial charge on any atom is -0.326 e. The maximum Gasteiger partial charge on any atom is 0.221 e. The van der Waals surface area contributed by atoms with E-state index in [1.165, 1.54) is 6.92 Å². The van der Waals surface area contributed by atoms with Crippen LogP contribution in [0.5, 0.6) is 0 Å². The first-order valence-electron chi connectivity index (χ1n) is 5.59. The van der Waals surface area contributed by atoms with Crippen molar-refractivity contribution in [2.45, 2.75) is 13.3 Å². The number of amides is 1. The molecule has 1 aliphatic heterocycles. The van der Waals surface area contributed by atoms with E-state index in [1.807, 2.05) is 0 Å². The van der Waals surface area contributed by atoms with Gasteiger partial charge in [-0.25, -0.2) is 8.42 Å². The molecule has 0 aliphatic carbocycles. The van der Waals surface area contributed by atoms with Crippen LogP contribution in [0.25, 0.3) is 0 Å². The van der Waals surface area contributed by atoms with Crippen LogP contribution in [0.15, 0.2) is 29.3 Å². The Morgan fingerprint density at radius 1 is 1.28 bits per heavy atom. The third-order valence-corrected chi connectivity index (χ3v) is 4.16. The maximum absolute atomic E-state index is 11.3. The molecule has 1 N–H and O–H groups in total. The molecular weight excluding hydrogens is 252 g/mol. The molecule has 1 heterocycles. The molecule has 1 aromatic rings. The topological polar surface area (TPSA) is 75.6 Å². The number of nitrogens with one attached hydrogen (secondary N) is 1. The van der Waals surface area contributed by atoms with Gasteiger partial charge in [0.25, 0.3) is 0 Å². The van der Waals surface area contributed by atoms with Gasteiger partial charge >= 0.3 is 0 Å². The van der Waals surface area contributed by atoms with Gasteiger partial charge in [-0.2, -0.15) is 0 Å². The highest BCUT2D eigenvalue weighted by molar-refractivity contribution is 7.92. The maximum atomic E-state index is 11.3. The van der Waals surface area contributed by atoms with Crippen LogP contribution < -0.4 is 5.32 Å². The van der Waals surface area contributed by atoms with Crippen molar-refractivity contribution in [1.29, 1.82) is 0 Å². The summed E-state index contributed by atoms with van der Waals surface area (Å²) in [4.78, 5) is 15.1. The van der Waals surface area contributed by atoms with E-state index in [-0.39, 0.29) is 17.4 Å². The molecule has 1 aliphatic rings. The van der Waals surface area contributed by atoms with E-state index in [2.05, 4.69) is 10.3 Å². The first kappa shape index (κ1) is 12.8. The van der Waals surface area contributed by atoms with Crippen molar-refractivity contribution in [3.63, 3.8) is 0 Å². The van der Waals surface area contributed by atoms with E-state index in [1.54, 1.807) is 24.3 Å². The third kappa shape index (κ3) is 3.40. The van der Waals surface area contributed by atoms with E-state index in [9.17, 15) is 13.2 Å². The van der Waals surface area contributed by atoms with Gasteiger partial charge in [0.05, 0.1) is 17.2 Å². The van der Waals surface area contributed by atoms with E-state index >= 15 is 0 Å². The smallest absolute Gasteiger partial charge is 0.221 e. The standard InChI is InChI=1S/C12H14N2O3S/c1-9(15)13-10-2-4-11(5-3-10)14-12-6-7-18(16,17)8-12/h2-5H,6-8H2,1H3,(H,13,15). The average Bonchev–Trinajstić information content (AvgIpc) is 2.60. The van der Waals surface area contributed by atoms with Crippen molar-refractivity contribution < 1.29 is 13.2 Å². The summed E-state index contributed by atoms with van der Waals surface area (Å²) in [6.07, 6.45) is 0.510. The molecule has 1 aromatic carbocycles. The Hall–Kier alpha value is -1.69. The zero-order valence-electron chi connectivity index (χ0n) is 10.0. The molecule has 0 bridgehead atoms. The number of carbonyl (C=O) groups is 1. The second-order valence-corrected chi connectivity index (χ2v) is 6.43. The summed E-state index contributed by atoms with van der Waals surface area (Å²) in [5.74, 6) is 0.118. The predicted molar refractivity (Wildman–Crippen MR) is 71.1 cm³/mol. The molecule has 1 fully saturated rings. The van der Waals surface area contributed by atoms with Gasteiger partial charge in [-0.1, -0.05) is 0 Å². The van der Waals surface area contributed by atoms with Crippen molar-refractivity contribution in [2.24, 2.45) is 4.99 Å². The van der Waals surface area contributed by atoms with Gasteiger partial charge in [0.15, 0.2) is 9.84 Å². The fraction of sp³-hybridized carbons (Fsp3) is 0.333. The molecular formula is C12H14N2O3S. The fourth-order valence-corrected chi connectivity index (χ4v) is 3.17. The molecule has 1 amide bonds. The molecule has 6 heteroatoms. The van der Waals surface area contributed by atoms with Crippen LogP contribution in [0.4, 0.5) is 11.4 Å². The second kappa shape index (κ2) is 4.89. The summed E-state index contributed by atoms with van der Waals surface area (Å²) < 4.78 is 22.6. The first-order valence-corrected chi connectivity index (χ1v) is 7.41. The Labute approximate surface area is 106 Å². The molecule has 5 nitrogen and oxygen atoms in total. The van der Waals surface area contributed by atoms with E-state index in [0.717, 1.165) is 0 Å². The molecule has 0 radical (unpaired) electrons. The zero-order chi connectivity index (χ0) is 13.2. The lowest BCUT2D eigenvalue weighted by Gasteiger charge is -2.02. The van der Waals surface area contributed by atoms with Crippen molar-refractivity contribution >= 4 is 32.8 Å². The highest BCUT2D eigenvalue weighted by atomic mass is 32.2. The molecule has 0 atom stereocenters. The molecule has 0 spiro atoms. The molecule has 0 unspecified atom stereocenters. The van der Waals surface area contributed by atoms with Crippen LogP contribution >= 0.6 is 0 Å². The second-order valence-electron chi connectivity index (χ2n) is 4.25. The Morgan fingerprint density at radius 2 is 1.94 bits per heavy atom. The van der Waals surface area contributed by atoms with Crippen LogP contribution in [0.3, 0.4) is 0 Å². The number of hydrogen-bond donors (Lipinski definition) is 1. The zero-order valence-corrected chi connectivity index (χ0v) is 10.8. The molecule has 1 saturated heterocycles.